The highest BCUT2D eigenvalue weighted by atomic mass is 19.1. The molecule has 1 aliphatic carbocycles. The summed E-state index contributed by atoms with van der Waals surface area (Å²) >= 11 is 0. The van der Waals surface area contributed by atoms with E-state index in [-0.39, 0.29) is 36.2 Å². The predicted octanol–water partition coefficient (Wildman–Crippen LogP) is 2.43. The summed E-state index contributed by atoms with van der Waals surface area (Å²) in [5.41, 5.74) is 1.51. The molecule has 0 spiro atoms. The summed E-state index contributed by atoms with van der Waals surface area (Å²) in [7, 11) is 0. The first-order valence-electron chi connectivity index (χ1n) is 9.57. The molecule has 0 bridgehead atoms. The van der Waals surface area contributed by atoms with Crippen molar-refractivity contribution in [3.63, 3.8) is 0 Å². The summed E-state index contributed by atoms with van der Waals surface area (Å²) in [6, 6.07) is 8.55. The highest BCUT2D eigenvalue weighted by Gasteiger charge is 2.42. The molecule has 1 saturated carbocycles. The average Bonchev–Trinajstić information content (AvgIpc) is 2.95. The van der Waals surface area contributed by atoms with Gasteiger partial charge in [0.25, 0.3) is 0 Å². The van der Waals surface area contributed by atoms with Crippen molar-refractivity contribution in [3.05, 3.63) is 59.4 Å². The van der Waals surface area contributed by atoms with Crippen molar-refractivity contribution >= 4 is 0 Å². The number of aliphatic hydroxyl groups excluding tert-OH is 2. The Hall–Kier alpha value is -1.89. The number of nitrogens with zero attached hydrogens (tertiary/aromatic N) is 2. The third-order valence-corrected chi connectivity index (χ3v) is 5.47. The lowest BCUT2D eigenvalue weighted by molar-refractivity contribution is 0.0716. The van der Waals surface area contributed by atoms with Gasteiger partial charge in [-0.1, -0.05) is 32.0 Å². The summed E-state index contributed by atoms with van der Waals surface area (Å²) in [4.78, 5) is 8.94. The maximum atomic E-state index is 13.9. The van der Waals surface area contributed by atoms with Crippen LogP contribution >= 0.6 is 0 Å². The summed E-state index contributed by atoms with van der Waals surface area (Å²) < 4.78 is 13.9. The molecule has 0 amide bonds. The van der Waals surface area contributed by atoms with Crippen LogP contribution in [0.5, 0.6) is 0 Å². The third-order valence-electron chi connectivity index (χ3n) is 5.47. The molecule has 4 atom stereocenters. The minimum Gasteiger partial charge on any atom is -0.396 e. The quantitative estimate of drug-likeness (QED) is 0.695. The van der Waals surface area contributed by atoms with Gasteiger partial charge in [0.05, 0.1) is 6.10 Å². The van der Waals surface area contributed by atoms with Crippen molar-refractivity contribution in [2.45, 2.75) is 51.3 Å². The summed E-state index contributed by atoms with van der Waals surface area (Å²) in [5.74, 6) is 0.591. The van der Waals surface area contributed by atoms with Gasteiger partial charge in [-0.15, -0.1) is 0 Å². The summed E-state index contributed by atoms with van der Waals surface area (Å²) in [6.07, 6.45) is 2.36. The van der Waals surface area contributed by atoms with Crippen molar-refractivity contribution in [3.8, 4) is 0 Å². The first-order chi connectivity index (χ1) is 13.0. The van der Waals surface area contributed by atoms with E-state index >= 15 is 0 Å². The highest BCUT2D eigenvalue weighted by Crippen LogP contribution is 2.35. The van der Waals surface area contributed by atoms with Crippen LogP contribution < -0.4 is 5.32 Å². The van der Waals surface area contributed by atoms with Crippen molar-refractivity contribution in [2.75, 3.05) is 6.61 Å². The molecule has 0 aliphatic heterocycles. The number of halogens is 1. The Morgan fingerprint density at radius 1 is 1.22 bits per heavy atom. The maximum absolute atomic E-state index is 13.9. The van der Waals surface area contributed by atoms with Gasteiger partial charge < -0.3 is 15.5 Å². The minimum absolute atomic E-state index is 0.0192. The Kier molecular flexibility index (Phi) is 6.52. The zero-order chi connectivity index (χ0) is 19.4. The van der Waals surface area contributed by atoms with Gasteiger partial charge in [-0.2, -0.15) is 0 Å². The largest absolute Gasteiger partial charge is 0.396 e. The fraction of sp³-hybridized carbons (Fsp3) is 0.524. The van der Waals surface area contributed by atoms with Crippen LogP contribution in [-0.4, -0.2) is 38.9 Å². The van der Waals surface area contributed by atoms with Crippen LogP contribution in [0, 0.1) is 17.7 Å². The molecule has 1 heterocycles. The topological polar surface area (TPSA) is 78.3 Å². The Balaban J connectivity index is 1.74. The lowest BCUT2D eigenvalue weighted by Gasteiger charge is -2.25. The number of hydrogen-bond donors (Lipinski definition) is 3. The molecule has 2 aromatic rings. The Morgan fingerprint density at radius 2 is 2.00 bits per heavy atom. The summed E-state index contributed by atoms with van der Waals surface area (Å²) in [5, 5.41) is 23.6. The molecule has 1 aromatic heterocycles. The van der Waals surface area contributed by atoms with E-state index in [1.54, 1.807) is 18.3 Å². The minimum atomic E-state index is -0.579. The Morgan fingerprint density at radius 3 is 2.70 bits per heavy atom. The van der Waals surface area contributed by atoms with Gasteiger partial charge in [0, 0.05) is 48.5 Å². The lowest BCUT2D eigenvalue weighted by atomic mass is 9.88. The van der Waals surface area contributed by atoms with E-state index in [4.69, 9.17) is 0 Å². The molecule has 1 aromatic carbocycles. The van der Waals surface area contributed by atoms with E-state index in [0.717, 1.165) is 11.5 Å². The molecule has 5 nitrogen and oxygen atoms in total. The lowest BCUT2D eigenvalue weighted by Crippen LogP contribution is -2.36. The van der Waals surface area contributed by atoms with Crippen LogP contribution in [-0.2, 0) is 13.0 Å². The second kappa shape index (κ2) is 8.87. The van der Waals surface area contributed by atoms with E-state index in [1.165, 1.54) is 6.07 Å². The monoisotopic (exact) mass is 373 g/mol. The van der Waals surface area contributed by atoms with Gasteiger partial charge >= 0.3 is 0 Å². The Bertz CT molecular complexity index is 756. The number of aliphatic hydroxyl groups is 2. The first-order valence-corrected chi connectivity index (χ1v) is 9.57. The highest BCUT2D eigenvalue weighted by molar-refractivity contribution is 5.17. The molecule has 1 aliphatic rings. The Labute approximate surface area is 159 Å². The SMILES string of the molecule is CC(C)c1nccc(CC2C(NCc3ccccc3F)CC(O)C2CO)n1. The van der Waals surface area contributed by atoms with Gasteiger partial charge in [-0.05, 0) is 30.9 Å². The second-order valence-electron chi connectivity index (χ2n) is 7.66. The van der Waals surface area contributed by atoms with Crippen molar-refractivity contribution in [1.29, 1.82) is 0 Å². The number of hydrogen-bond acceptors (Lipinski definition) is 5. The normalized spacial score (nSPS) is 25.3. The summed E-state index contributed by atoms with van der Waals surface area (Å²) in [6.45, 7) is 4.41. The van der Waals surface area contributed by atoms with E-state index in [1.807, 2.05) is 26.0 Å². The molecule has 0 saturated heterocycles. The van der Waals surface area contributed by atoms with Gasteiger partial charge in [-0.3, -0.25) is 0 Å². The van der Waals surface area contributed by atoms with Gasteiger partial charge in [0.2, 0.25) is 0 Å². The van der Waals surface area contributed by atoms with Gasteiger partial charge in [-0.25, -0.2) is 14.4 Å². The molecule has 1 fully saturated rings. The first kappa shape index (κ1) is 19.9. The zero-order valence-electron chi connectivity index (χ0n) is 15.8. The van der Waals surface area contributed by atoms with Crippen molar-refractivity contribution in [1.82, 2.24) is 15.3 Å². The molecule has 6 heteroatoms. The molecule has 146 valence electrons. The maximum Gasteiger partial charge on any atom is 0.131 e. The van der Waals surface area contributed by atoms with Crippen LogP contribution in [0.2, 0.25) is 0 Å². The standard InChI is InChI=1S/C21H28FN3O2/c1-13(2)21-23-8-7-15(25-21)9-16-17(12-26)20(27)10-19(16)24-11-14-5-3-4-6-18(14)22/h3-8,13,16-17,19-20,24,26-27H,9-12H2,1-2H3. The van der Waals surface area contributed by atoms with E-state index in [2.05, 4.69) is 15.3 Å². The molecular weight excluding hydrogens is 345 g/mol. The van der Waals surface area contributed by atoms with Crippen LogP contribution in [0.4, 0.5) is 4.39 Å². The number of nitrogens with one attached hydrogen (secondary N) is 1. The number of benzene rings is 1. The predicted molar refractivity (Wildman–Crippen MR) is 102 cm³/mol. The van der Waals surface area contributed by atoms with Crippen LogP contribution in [0.1, 0.15) is 43.3 Å². The fourth-order valence-corrected chi connectivity index (χ4v) is 3.91. The van der Waals surface area contributed by atoms with Gasteiger partial charge in [0.15, 0.2) is 0 Å². The van der Waals surface area contributed by atoms with Crippen molar-refractivity contribution < 1.29 is 14.6 Å². The van der Waals surface area contributed by atoms with Crippen LogP contribution in [0.3, 0.4) is 0 Å². The molecule has 3 rings (SSSR count). The van der Waals surface area contributed by atoms with E-state index < -0.39 is 6.10 Å². The molecule has 27 heavy (non-hydrogen) atoms. The number of rotatable bonds is 7. The van der Waals surface area contributed by atoms with Crippen LogP contribution in [0.15, 0.2) is 36.5 Å². The van der Waals surface area contributed by atoms with E-state index in [9.17, 15) is 14.6 Å². The van der Waals surface area contributed by atoms with E-state index in [0.29, 0.717) is 24.9 Å². The second-order valence-corrected chi connectivity index (χ2v) is 7.66. The molecule has 4 unspecified atom stereocenters. The average molecular weight is 373 g/mol. The molecule has 0 radical (unpaired) electrons. The number of aromatic nitrogens is 2. The molecule has 3 N–H and O–H groups in total. The zero-order valence-corrected chi connectivity index (χ0v) is 15.8. The smallest absolute Gasteiger partial charge is 0.131 e. The van der Waals surface area contributed by atoms with Gasteiger partial charge in [0.1, 0.15) is 11.6 Å². The van der Waals surface area contributed by atoms with Crippen molar-refractivity contribution in [2.24, 2.45) is 11.8 Å². The third kappa shape index (κ3) is 4.69. The fourth-order valence-electron chi connectivity index (χ4n) is 3.91. The van der Waals surface area contributed by atoms with Crippen LogP contribution in [0.25, 0.3) is 0 Å². The molecular formula is C21H28FN3O2.